The molecule has 0 saturated heterocycles. The van der Waals surface area contributed by atoms with Gasteiger partial charge in [-0.15, -0.1) is 0 Å². The zero-order chi connectivity index (χ0) is 36.5. The van der Waals surface area contributed by atoms with Crippen LogP contribution in [0.25, 0.3) is 0 Å². The maximum Gasteiger partial charge on any atom is 0.413 e. The van der Waals surface area contributed by atoms with Crippen LogP contribution in [0.1, 0.15) is 54.2 Å². The van der Waals surface area contributed by atoms with Crippen LogP contribution in [-0.4, -0.2) is 77.8 Å². The van der Waals surface area contributed by atoms with E-state index in [4.69, 9.17) is 47.0 Å². The number of ketones is 1. The van der Waals surface area contributed by atoms with Crippen molar-refractivity contribution in [2.24, 2.45) is 5.14 Å². The van der Waals surface area contributed by atoms with Gasteiger partial charge >= 0.3 is 18.0 Å². The maximum atomic E-state index is 13.1. The maximum absolute atomic E-state index is 13.1. The van der Waals surface area contributed by atoms with E-state index in [2.05, 4.69) is 5.32 Å². The first-order chi connectivity index (χ1) is 22.9. The zero-order valence-corrected chi connectivity index (χ0v) is 30.0. The van der Waals surface area contributed by atoms with Crippen molar-refractivity contribution in [2.45, 2.75) is 50.7 Å². The summed E-state index contributed by atoms with van der Waals surface area (Å²) in [6.07, 6.45) is 0.517. The predicted octanol–water partition coefficient (Wildman–Crippen LogP) is 4.76. The number of hydrogen-bond donors (Lipinski definition) is 2. The first kappa shape index (κ1) is 39.5. The van der Waals surface area contributed by atoms with Crippen molar-refractivity contribution in [3.8, 4) is 0 Å². The average Bonchev–Trinajstić information content (AvgIpc) is 3.52. The first-order valence-corrected chi connectivity index (χ1v) is 18.2. The van der Waals surface area contributed by atoms with Crippen molar-refractivity contribution in [3.63, 3.8) is 0 Å². The van der Waals surface area contributed by atoms with Gasteiger partial charge in [0.15, 0.2) is 5.78 Å². The fourth-order valence-corrected chi connectivity index (χ4v) is 6.51. The average molecular weight is 761 g/mol. The van der Waals surface area contributed by atoms with Gasteiger partial charge in [0.1, 0.15) is 23.0 Å². The summed E-state index contributed by atoms with van der Waals surface area (Å²) in [6, 6.07) is 10.8. The molecule has 0 aliphatic heterocycles. The van der Waals surface area contributed by atoms with Crippen molar-refractivity contribution >= 4 is 73.5 Å². The van der Waals surface area contributed by atoms with E-state index in [-0.39, 0.29) is 34.4 Å². The first-order valence-electron chi connectivity index (χ1n) is 14.4. The van der Waals surface area contributed by atoms with Gasteiger partial charge in [-0.05, 0) is 64.1 Å². The minimum Gasteiger partial charge on any atom is -0.467 e. The SMILES string of the molecule is CC(C(=O)c1cccc(Cl)c1)N(C(=O)OCOC(=O)CS(=O)CCOC(=O)c1cc(S(N)(=O)=O)c(Cl)cc1NCc1ccco1)C(C)(C)C. The number of furan rings is 1. The van der Waals surface area contributed by atoms with Crippen LogP contribution in [0.3, 0.4) is 0 Å². The quantitative estimate of drug-likeness (QED) is 0.122. The van der Waals surface area contributed by atoms with E-state index in [1.165, 1.54) is 30.2 Å². The van der Waals surface area contributed by atoms with E-state index in [0.717, 1.165) is 6.07 Å². The van der Waals surface area contributed by atoms with Crippen molar-refractivity contribution in [2.75, 3.05) is 30.2 Å². The molecule has 0 fully saturated rings. The van der Waals surface area contributed by atoms with E-state index in [1.54, 1.807) is 51.1 Å². The molecule has 0 aliphatic carbocycles. The lowest BCUT2D eigenvalue weighted by molar-refractivity contribution is -0.149. The molecule has 0 bridgehead atoms. The molecule has 0 spiro atoms. The standard InChI is InChI=1S/C31H35Cl2N3O11S2/c1-19(28(38)20-7-5-8-21(32)13-20)36(31(2,3)4)30(40)47-18-46-27(37)17-48(41)12-11-45-29(39)23-14-26(49(34,42)43)24(33)15-25(23)35-16-22-9-6-10-44-22/h5-10,13-15,19,35H,11-12,16-18H2,1-4H3,(H2,34,42,43). The summed E-state index contributed by atoms with van der Waals surface area (Å²) in [7, 11) is -6.17. The minimum absolute atomic E-state index is 0.117. The Labute approximate surface area is 295 Å². The molecule has 0 aliphatic rings. The fourth-order valence-electron chi connectivity index (χ4n) is 4.46. The van der Waals surface area contributed by atoms with Gasteiger partial charge in [0.25, 0.3) is 0 Å². The number of carbonyl (C=O) groups is 4. The molecule has 1 aromatic heterocycles. The molecular formula is C31H35Cl2N3O11S2. The van der Waals surface area contributed by atoms with E-state index in [9.17, 15) is 31.8 Å². The van der Waals surface area contributed by atoms with Crippen LogP contribution >= 0.6 is 23.2 Å². The van der Waals surface area contributed by atoms with E-state index in [1.807, 2.05) is 0 Å². The van der Waals surface area contributed by atoms with Crippen molar-refractivity contribution < 1.29 is 50.4 Å². The molecule has 266 valence electrons. The largest absolute Gasteiger partial charge is 0.467 e. The van der Waals surface area contributed by atoms with Crippen LogP contribution in [0.2, 0.25) is 10.0 Å². The third-order valence-corrected chi connectivity index (χ3v) is 9.44. The van der Waals surface area contributed by atoms with Gasteiger partial charge < -0.3 is 23.9 Å². The lowest BCUT2D eigenvalue weighted by Gasteiger charge is -2.38. The molecule has 0 radical (unpaired) electrons. The smallest absolute Gasteiger partial charge is 0.413 e. The second kappa shape index (κ2) is 17.1. The van der Waals surface area contributed by atoms with Gasteiger partial charge in [0.2, 0.25) is 16.8 Å². The van der Waals surface area contributed by atoms with Crippen LogP contribution in [0.15, 0.2) is 64.1 Å². The van der Waals surface area contributed by atoms with Crippen LogP contribution < -0.4 is 10.5 Å². The molecule has 49 heavy (non-hydrogen) atoms. The van der Waals surface area contributed by atoms with E-state index in [0.29, 0.717) is 16.3 Å². The molecule has 2 atom stereocenters. The molecule has 14 nitrogen and oxygen atoms in total. The number of nitrogens with zero attached hydrogens (tertiary/aromatic N) is 1. The van der Waals surface area contributed by atoms with Gasteiger partial charge in [-0.2, -0.15) is 0 Å². The van der Waals surface area contributed by atoms with Gasteiger partial charge in [0.05, 0.1) is 40.9 Å². The molecule has 2 unspecified atom stereocenters. The Morgan fingerprint density at radius 3 is 2.37 bits per heavy atom. The lowest BCUT2D eigenvalue weighted by Crippen LogP contribution is -2.53. The number of nitrogens with one attached hydrogen (secondary N) is 1. The summed E-state index contributed by atoms with van der Waals surface area (Å²) >= 11 is 12.1. The monoisotopic (exact) mass is 759 g/mol. The van der Waals surface area contributed by atoms with E-state index < -0.39 is 74.5 Å². The Kier molecular flexibility index (Phi) is 13.8. The van der Waals surface area contributed by atoms with Crippen molar-refractivity contribution in [1.82, 2.24) is 4.90 Å². The normalized spacial score (nSPS) is 12.8. The zero-order valence-electron chi connectivity index (χ0n) is 26.9. The van der Waals surface area contributed by atoms with Gasteiger partial charge in [-0.25, -0.2) is 23.1 Å². The third kappa shape index (κ3) is 11.6. The van der Waals surface area contributed by atoms with Crippen LogP contribution in [-0.2, 0) is 46.4 Å². The summed E-state index contributed by atoms with van der Waals surface area (Å²) < 4.78 is 56.9. The number of sulfonamides is 1. The second-order valence-electron chi connectivity index (χ2n) is 11.4. The molecular weight excluding hydrogens is 725 g/mol. The Balaban J connectivity index is 1.52. The number of esters is 2. The van der Waals surface area contributed by atoms with Crippen molar-refractivity contribution in [1.29, 1.82) is 0 Å². The number of rotatable bonds is 15. The Hall–Kier alpha value is -3.96. The fraction of sp³-hybridized carbons (Fsp3) is 0.355. The Bertz CT molecular complexity index is 1810. The number of amides is 1. The Morgan fingerprint density at radius 2 is 1.76 bits per heavy atom. The van der Waals surface area contributed by atoms with Gasteiger partial charge in [0, 0.05) is 26.9 Å². The summed E-state index contributed by atoms with van der Waals surface area (Å²) in [4.78, 5) is 51.9. The third-order valence-electron chi connectivity index (χ3n) is 6.65. The minimum atomic E-state index is -4.30. The Morgan fingerprint density at radius 1 is 1.04 bits per heavy atom. The number of benzene rings is 2. The summed E-state index contributed by atoms with van der Waals surface area (Å²) in [5, 5.41) is 8.25. The number of hydrogen-bond acceptors (Lipinski definition) is 12. The molecule has 3 rings (SSSR count). The summed E-state index contributed by atoms with van der Waals surface area (Å²) in [5.74, 6) is -2.73. The topological polar surface area (TPSA) is 202 Å². The number of halogens is 2. The number of nitrogens with two attached hydrogens (primary N) is 1. The molecule has 1 heterocycles. The highest BCUT2D eigenvalue weighted by molar-refractivity contribution is 7.89. The number of primary sulfonamides is 1. The summed E-state index contributed by atoms with van der Waals surface area (Å²) in [5.41, 5.74) is -0.674. The number of carbonyl (C=O) groups excluding carboxylic acids is 4. The van der Waals surface area contributed by atoms with E-state index >= 15 is 0 Å². The molecule has 2 aromatic carbocycles. The molecule has 3 N–H and O–H groups in total. The highest BCUT2D eigenvalue weighted by atomic mass is 35.5. The highest BCUT2D eigenvalue weighted by Crippen LogP contribution is 2.29. The van der Waals surface area contributed by atoms with Gasteiger partial charge in [-0.3, -0.25) is 18.7 Å². The number of ether oxygens (including phenoxy) is 3. The van der Waals surface area contributed by atoms with Gasteiger partial charge in [-0.1, -0.05) is 35.3 Å². The van der Waals surface area contributed by atoms with Crippen LogP contribution in [0.4, 0.5) is 10.5 Å². The highest BCUT2D eigenvalue weighted by Gasteiger charge is 2.36. The van der Waals surface area contributed by atoms with Crippen LogP contribution in [0.5, 0.6) is 0 Å². The van der Waals surface area contributed by atoms with Crippen LogP contribution in [0, 0.1) is 0 Å². The lowest BCUT2D eigenvalue weighted by atomic mass is 9.98. The molecule has 0 saturated carbocycles. The molecule has 3 aromatic rings. The second-order valence-corrected chi connectivity index (χ2v) is 15.3. The predicted molar refractivity (Wildman–Crippen MR) is 181 cm³/mol. The molecule has 18 heteroatoms. The number of Topliss-reactive ketones (excluding diaryl/α,β-unsaturated/α-hetero) is 1. The summed E-state index contributed by atoms with van der Waals surface area (Å²) in [6.45, 7) is 5.51. The van der Waals surface area contributed by atoms with Crippen molar-refractivity contribution in [3.05, 3.63) is 81.7 Å². The number of anilines is 1. The molecule has 1 amide bonds.